The highest BCUT2D eigenvalue weighted by Gasteiger charge is 2.42. The largest absolute Gasteiger partial charge is 0.458 e. The number of aryl methyl sites for hydroxylation is 1. The van der Waals surface area contributed by atoms with E-state index in [4.69, 9.17) is 4.42 Å². The Hall–Kier alpha value is -0.930. The van der Waals surface area contributed by atoms with Crippen LogP contribution in [-0.2, 0) is 5.60 Å². The van der Waals surface area contributed by atoms with Crippen molar-refractivity contribution in [3.8, 4) is 0 Å². The molecule has 19 heavy (non-hydrogen) atoms. The SMILES string of the molecule is Cc1cccc2cc(C3(O)CSCC(C)(C)C3)oc12. The molecule has 1 N–H and O–H groups in total. The molecule has 1 aliphatic rings. The van der Waals surface area contributed by atoms with Gasteiger partial charge >= 0.3 is 0 Å². The molecule has 2 nitrogen and oxygen atoms in total. The van der Waals surface area contributed by atoms with Crippen molar-refractivity contribution < 1.29 is 9.52 Å². The number of hydrogen-bond acceptors (Lipinski definition) is 3. The van der Waals surface area contributed by atoms with Gasteiger partial charge < -0.3 is 9.52 Å². The lowest BCUT2D eigenvalue weighted by molar-refractivity contribution is -0.00224. The fraction of sp³-hybridized carbons (Fsp3) is 0.500. The summed E-state index contributed by atoms with van der Waals surface area (Å²) in [7, 11) is 0. The first-order valence-electron chi connectivity index (χ1n) is 6.69. The summed E-state index contributed by atoms with van der Waals surface area (Å²) in [5.41, 5.74) is 1.33. The van der Waals surface area contributed by atoms with Crippen molar-refractivity contribution in [2.45, 2.75) is 32.8 Å². The highest BCUT2D eigenvalue weighted by Crippen LogP contribution is 2.45. The molecule has 0 bridgehead atoms. The molecule has 3 heteroatoms. The summed E-state index contributed by atoms with van der Waals surface area (Å²) in [5, 5.41) is 12.0. The Morgan fingerprint density at radius 3 is 2.74 bits per heavy atom. The van der Waals surface area contributed by atoms with Gasteiger partial charge in [-0.3, -0.25) is 0 Å². The van der Waals surface area contributed by atoms with Crippen LogP contribution in [0.2, 0.25) is 0 Å². The quantitative estimate of drug-likeness (QED) is 0.851. The Balaban J connectivity index is 2.06. The minimum absolute atomic E-state index is 0.145. The Labute approximate surface area is 118 Å². The molecule has 1 aromatic heterocycles. The van der Waals surface area contributed by atoms with Gasteiger partial charge in [-0.05, 0) is 36.1 Å². The molecule has 1 saturated heterocycles. The van der Waals surface area contributed by atoms with Crippen LogP contribution in [0.25, 0.3) is 11.0 Å². The average molecular weight is 276 g/mol. The van der Waals surface area contributed by atoms with Gasteiger partial charge in [-0.2, -0.15) is 11.8 Å². The molecule has 1 aliphatic heterocycles. The van der Waals surface area contributed by atoms with E-state index in [0.717, 1.165) is 40.2 Å². The van der Waals surface area contributed by atoms with E-state index in [1.807, 2.05) is 43.0 Å². The van der Waals surface area contributed by atoms with E-state index in [9.17, 15) is 5.11 Å². The number of furan rings is 1. The second-order valence-electron chi connectivity index (χ2n) is 6.47. The van der Waals surface area contributed by atoms with Gasteiger partial charge in [0.15, 0.2) is 0 Å². The Morgan fingerprint density at radius 1 is 1.26 bits per heavy atom. The van der Waals surface area contributed by atoms with E-state index in [1.54, 1.807) is 0 Å². The van der Waals surface area contributed by atoms with Crippen LogP contribution in [0.1, 0.15) is 31.6 Å². The first kappa shape index (κ1) is 13.1. The molecule has 1 fully saturated rings. The van der Waals surface area contributed by atoms with Gasteiger partial charge in [-0.1, -0.05) is 32.0 Å². The van der Waals surface area contributed by atoms with Gasteiger partial charge in [0.25, 0.3) is 0 Å². The number of aliphatic hydroxyl groups is 1. The van der Waals surface area contributed by atoms with Crippen molar-refractivity contribution >= 4 is 22.7 Å². The maximum absolute atomic E-state index is 11.0. The van der Waals surface area contributed by atoms with E-state index < -0.39 is 5.60 Å². The van der Waals surface area contributed by atoms with Crippen LogP contribution >= 0.6 is 11.8 Å². The predicted octanol–water partition coefficient (Wildman–Crippen LogP) is 4.09. The minimum Gasteiger partial charge on any atom is -0.458 e. The Morgan fingerprint density at radius 2 is 2.05 bits per heavy atom. The third-order valence-corrected chi connectivity index (χ3v) is 5.47. The summed E-state index contributed by atoms with van der Waals surface area (Å²) in [4.78, 5) is 0. The number of rotatable bonds is 1. The molecule has 3 rings (SSSR count). The van der Waals surface area contributed by atoms with Crippen LogP contribution in [0.15, 0.2) is 28.7 Å². The van der Waals surface area contributed by atoms with Crippen molar-refractivity contribution in [1.82, 2.24) is 0 Å². The van der Waals surface area contributed by atoms with Crippen molar-refractivity contribution in [1.29, 1.82) is 0 Å². The highest BCUT2D eigenvalue weighted by atomic mass is 32.2. The van der Waals surface area contributed by atoms with E-state index in [0.29, 0.717) is 0 Å². The molecule has 1 aromatic carbocycles. The maximum atomic E-state index is 11.0. The highest BCUT2D eigenvalue weighted by molar-refractivity contribution is 7.99. The maximum Gasteiger partial charge on any atom is 0.137 e. The molecular weight excluding hydrogens is 256 g/mol. The van der Waals surface area contributed by atoms with Gasteiger partial charge in [0, 0.05) is 11.1 Å². The van der Waals surface area contributed by atoms with Gasteiger partial charge in [0.05, 0.1) is 0 Å². The number of hydrogen-bond donors (Lipinski definition) is 1. The first-order chi connectivity index (χ1) is 8.90. The van der Waals surface area contributed by atoms with Crippen LogP contribution in [0.4, 0.5) is 0 Å². The van der Waals surface area contributed by atoms with Gasteiger partial charge in [0.1, 0.15) is 16.9 Å². The molecule has 1 atom stereocenters. The average Bonchev–Trinajstić information content (AvgIpc) is 2.73. The molecule has 1 unspecified atom stereocenters. The van der Waals surface area contributed by atoms with Crippen LogP contribution in [0.5, 0.6) is 0 Å². The van der Waals surface area contributed by atoms with Crippen LogP contribution in [0, 0.1) is 12.3 Å². The summed E-state index contributed by atoms with van der Waals surface area (Å²) < 4.78 is 5.97. The summed E-state index contributed by atoms with van der Waals surface area (Å²) >= 11 is 1.81. The van der Waals surface area contributed by atoms with Gasteiger partial charge in [-0.15, -0.1) is 0 Å². The van der Waals surface area contributed by atoms with Crippen LogP contribution < -0.4 is 0 Å². The normalized spacial score (nSPS) is 26.7. The summed E-state index contributed by atoms with van der Waals surface area (Å²) in [6.07, 6.45) is 0.756. The molecule has 0 saturated carbocycles. The molecule has 2 heterocycles. The van der Waals surface area contributed by atoms with E-state index in [1.165, 1.54) is 0 Å². The zero-order valence-corrected chi connectivity index (χ0v) is 12.5. The minimum atomic E-state index is -0.835. The van der Waals surface area contributed by atoms with Crippen LogP contribution in [0.3, 0.4) is 0 Å². The van der Waals surface area contributed by atoms with E-state index in [2.05, 4.69) is 13.8 Å². The standard InChI is InChI=1S/C16H20O2S/c1-11-5-4-6-12-7-13(18-14(11)12)16(17)8-15(2,3)9-19-10-16/h4-7,17H,8-10H2,1-3H3. The fourth-order valence-electron chi connectivity index (χ4n) is 2.99. The van der Waals surface area contributed by atoms with E-state index >= 15 is 0 Å². The third kappa shape index (κ3) is 2.30. The molecule has 0 radical (unpaired) electrons. The van der Waals surface area contributed by atoms with Gasteiger partial charge in [-0.25, -0.2) is 0 Å². The fourth-order valence-corrected chi connectivity index (χ4v) is 4.33. The topological polar surface area (TPSA) is 33.4 Å². The number of benzene rings is 1. The zero-order valence-electron chi connectivity index (χ0n) is 11.7. The van der Waals surface area contributed by atoms with Crippen LogP contribution in [-0.4, -0.2) is 16.6 Å². The summed E-state index contributed by atoms with van der Waals surface area (Å²) in [6.45, 7) is 6.45. The molecule has 0 amide bonds. The molecule has 102 valence electrons. The molecular formula is C16H20O2S. The zero-order chi connectivity index (χ0) is 13.7. The summed E-state index contributed by atoms with van der Waals surface area (Å²) in [6, 6.07) is 8.11. The number of thioether (sulfide) groups is 1. The van der Waals surface area contributed by atoms with Crippen molar-refractivity contribution in [3.63, 3.8) is 0 Å². The van der Waals surface area contributed by atoms with Gasteiger partial charge in [0.2, 0.25) is 0 Å². The second-order valence-corrected chi connectivity index (χ2v) is 7.45. The lowest BCUT2D eigenvalue weighted by Crippen LogP contribution is -2.39. The van der Waals surface area contributed by atoms with E-state index in [-0.39, 0.29) is 5.41 Å². The second kappa shape index (κ2) is 4.29. The lowest BCUT2D eigenvalue weighted by Gasteiger charge is -2.39. The third-order valence-electron chi connectivity index (χ3n) is 3.80. The Bertz CT molecular complexity index is 614. The smallest absolute Gasteiger partial charge is 0.137 e. The lowest BCUT2D eigenvalue weighted by atomic mass is 9.81. The number of fused-ring (bicyclic) bond motifs is 1. The molecule has 0 spiro atoms. The Kier molecular flexibility index (Phi) is 2.95. The number of para-hydroxylation sites is 1. The summed E-state index contributed by atoms with van der Waals surface area (Å²) in [5.74, 6) is 2.53. The molecule has 0 aliphatic carbocycles. The molecule has 2 aromatic rings. The predicted molar refractivity (Wildman–Crippen MR) is 80.6 cm³/mol. The van der Waals surface area contributed by atoms with Crippen molar-refractivity contribution in [3.05, 3.63) is 35.6 Å². The first-order valence-corrected chi connectivity index (χ1v) is 7.85. The monoisotopic (exact) mass is 276 g/mol. The van der Waals surface area contributed by atoms with Crippen molar-refractivity contribution in [2.24, 2.45) is 5.41 Å². The van der Waals surface area contributed by atoms with Crippen molar-refractivity contribution in [2.75, 3.05) is 11.5 Å².